The van der Waals surface area contributed by atoms with E-state index >= 15 is 0 Å². The second-order valence-electron chi connectivity index (χ2n) is 6.84. The zero-order valence-corrected chi connectivity index (χ0v) is 15.7. The van der Waals surface area contributed by atoms with Gasteiger partial charge in [0.15, 0.2) is 0 Å². The van der Waals surface area contributed by atoms with E-state index in [0.29, 0.717) is 13.0 Å². The number of anilines is 1. The van der Waals surface area contributed by atoms with Crippen LogP contribution in [0.1, 0.15) is 64.4 Å². The molecular weight excluding hydrogens is 322 g/mol. The van der Waals surface area contributed by atoms with Crippen LogP contribution in [-0.4, -0.2) is 17.9 Å². The van der Waals surface area contributed by atoms with E-state index in [2.05, 4.69) is 5.32 Å². The summed E-state index contributed by atoms with van der Waals surface area (Å²) >= 11 is 6.07. The van der Waals surface area contributed by atoms with Crippen molar-refractivity contribution in [2.45, 2.75) is 70.6 Å². The SMILES string of the molecule is CCOc1cc(CC(C)Cl)ccc1NC(=O)CCC1CCCCC1. The van der Waals surface area contributed by atoms with E-state index in [9.17, 15) is 4.79 Å². The lowest BCUT2D eigenvalue weighted by Crippen LogP contribution is -2.15. The first-order valence-corrected chi connectivity index (χ1v) is 9.71. The summed E-state index contributed by atoms with van der Waals surface area (Å²) in [5.74, 6) is 1.54. The molecule has 0 radical (unpaired) electrons. The van der Waals surface area contributed by atoms with Crippen LogP contribution < -0.4 is 10.1 Å². The van der Waals surface area contributed by atoms with Gasteiger partial charge in [-0.2, -0.15) is 0 Å². The van der Waals surface area contributed by atoms with Gasteiger partial charge in [0, 0.05) is 11.8 Å². The lowest BCUT2D eigenvalue weighted by molar-refractivity contribution is -0.116. The highest BCUT2D eigenvalue weighted by molar-refractivity contribution is 6.20. The zero-order chi connectivity index (χ0) is 17.4. The van der Waals surface area contributed by atoms with Crippen LogP contribution in [0.5, 0.6) is 5.75 Å². The van der Waals surface area contributed by atoms with E-state index in [4.69, 9.17) is 16.3 Å². The number of nitrogens with one attached hydrogen (secondary N) is 1. The maximum atomic E-state index is 12.3. The fraction of sp³-hybridized carbons (Fsp3) is 0.650. The molecule has 2 rings (SSSR count). The first kappa shape index (κ1) is 19.1. The van der Waals surface area contributed by atoms with Gasteiger partial charge in [-0.3, -0.25) is 4.79 Å². The van der Waals surface area contributed by atoms with Crippen molar-refractivity contribution in [3.63, 3.8) is 0 Å². The predicted molar refractivity (Wildman–Crippen MR) is 101 cm³/mol. The normalized spacial score (nSPS) is 16.6. The molecular formula is C20H30ClNO2. The van der Waals surface area contributed by atoms with Crippen molar-refractivity contribution in [3.8, 4) is 5.75 Å². The third-order valence-corrected chi connectivity index (χ3v) is 4.80. The summed E-state index contributed by atoms with van der Waals surface area (Å²) in [5, 5.41) is 3.10. The number of amides is 1. The Bertz CT molecular complexity index is 524. The molecule has 1 aliphatic rings. The lowest BCUT2D eigenvalue weighted by atomic mass is 9.86. The largest absolute Gasteiger partial charge is 0.492 e. The Morgan fingerprint density at radius 3 is 2.75 bits per heavy atom. The second kappa shape index (κ2) is 9.93. The average Bonchev–Trinajstić information content (AvgIpc) is 2.56. The topological polar surface area (TPSA) is 38.3 Å². The van der Waals surface area contributed by atoms with Gasteiger partial charge in [-0.1, -0.05) is 38.2 Å². The van der Waals surface area contributed by atoms with Crippen molar-refractivity contribution < 1.29 is 9.53 Å². The number of halogens is 1. The molecule has 1 amide bonds. The Balaban J connectivity index is 1.92. The van der Waals surface area contributed by atoms with Gasteiger partial charge in [0.05, 0.1) is 12.3 Å². The minimum atomic E-state index is 0.0791. The van der Waals surface area contributed by atoms with E-state index in [0.717, 1.165) is 35.8 Å². The number of benzene rings is 1. The minimum Gasteiger partial charge on any atom is -0.492 e. The van der Waals surface area contributed by atoms with Crippen LogP contribution in [0.4, 0.5) is 5.69 Å². The molecule has 0 aliphatic heterocycles. The first-order chi connectivity index (χ1) is 11.6. The van der Waals surface area contributed by atoms with Crippen LogP contribution in [0.2, 0.25) is 0 Å². The zero-order valence-electron chi connectivity index (χ0n) is 14.9. The Morgan fingerprint density at radius 2 is 2.08 bits per heavy atom. The number of carbonyl (C=O) groups excluding carboxylic acids is 1. The van der Waals surface area contributed by atoms with E-state index in [1.807, 2.05) is 32.0 Å². The third-order valence-electron chi connectivity index (χ3n) is 4.64. The van der Waals surface area contributed by atoms with Gasteiger partial charge < -0.3 is 10.1 Å². The quantitative estimate of drug-likeness (QED) is 0.623. The number of rotatable bonds is 8. The summed E-state index contributed by atoms with van der Waals surface area (Å²) in [6.07, 6.45) is 8.94. The fourth-order valence-corrected chi connectivity index (χ4v) is 3.60. The van der Waals surface area contributed by atoms with Gasteiger partial charge in [0.25, 0.3) is 0 Å². The number of carbonyl (C=O) groups is 1. The van der Waals surface area contributed by atoms with Gasteiger partial charge in [-0.25, -0.2) is 0 Å². The van der Waals surface area contributed by atoms with Crippen molar-refractivity contribution in [2.75, 3.05) is 11.9 Å². The molecule has 3 nitrogen and oxygen atoms in total. The maximum Gasteiger partial charge on any atom is 0.224 e. The summed E-state index contributed by atoms with van der Waals surface area (Å²) in [7, 11) is 0. The summed E-state index contributed by atoms with van der Waals surface area (Å²) < 4.78 is 5.70. The summed E-state index contributed by atoms with van der Waals surface area (Å²) in [5.41, 5.74) is 1.89. The van der Waals surface area contributed by atoms with Crippen molar-refractivity contribution in [3.05, 3.63) is 23.8 Å². The molecule has 1 aromatic rings. The highest BCUT2D eigenvalue weighted by atomic mass is 35.5. The summed E-state index contributed by atoms with van der Waals surface area (Å²) in [4.78, 5) is 12.3. The van der Waals surface area contributed by atoms with Crippen LogP contribution in [0.15, 0.2) is 18.2 Å². The molecule has 1 fully saturated rings. The molecule has 0 aromatic heterocycles. The number of alkyl halides is 1. The molecule has 134 valence electrons. The Labute approximate surface area is 151 Å². The van der Waals surface area contributed by atoms with Crippen LogP contribution >= 0.6 is 11.6 Å². The molecule has 24 heavy (non-hydrogen) atoms. The molecule has 0 bridgehead atoms. The van der Waals surface area contributed by atoms with Crippen molar-refractivity contribution in [1.82, 2.24) is 0 Å². The lowest BCUT2D eigenvalue weighted by Gasteiger charge is -2.21. The number of hydrogen-bond acceptors (Lipinski definition) is 2. The van der Waals surface area contributed by atoms with Gasteiger partial charge >= 0.3 is 0 Å². The first-order valence-electron chi connectivity index (χ1n) is 9.28. The monoisotopic (exact) mass is 351 g/mol. The Hall–Kier alpha value is -1.22. The molecule has 0 heterocycles. The standard InChI is InChI=1S/C20H30ClNO2/c1-3-24-19-14-17(13-15(2)21)9-11-18(19)22-20(23)12-10-16-7-5-4-6-8-16/h9,11,14-16H,3-8,10,12-13H2,1-2H3,(H,22,23). The molecule has 1 aliphatic carbocycles. The molecule has 1 unspecified atom stereocenters. The fourth-order valence-electron chi connectivity index (χ4n) is 3.42. The van der Waals surface area contributed by atoms with E-state index in [1.165, 1.54) is 32.1 Å². The molecule has 4 heteroatoms. The highest BCUT2D eigenvalue weighted by Gasteiger charge is 2.16. The smallest absolute Gasteiger partial charge is 0.224 e. The average molecular weight is 352 g/mol. The predicted octanol–water partition coefficient (Wildman–Crippen LogP) is 5.55. The highest BCUT2D eigenvalue weighted by Crippen LogP contribution is 2.29. The molecule has 1 atom stereocenters. The van der Waals surface area contributed by atoms with Crippen LogP contribution in [0.25, 0.3) is 0 Å². The molecule has 1 saturated carbocycles. The number of ether oxygens (including phenoxy) is 1. The van der Waals surface area contributed by atoms with Crippen LogP contribution in [0, 0.1) is 5.92 Å². The Kier molecular flexibility index (Phi) is 7.90. The van der Waals surface area contributed by atoms with Gasteiger partial charge in [0.1, 0.15) is 5.75 Å². The molecule has 0 saturated heterocycles. The molecule has 1 aromatic carbocycles. The minimum absolute atomic E-state index is 0.0791. The van der Waals surface area contributed by atoms with Crippen molar-refractivity contribution in [2.24, 2.45) is 5.92 Å². The van der Waals surface area contributed by atoms with Gasteiger partial charge in [-0.15, -0.1) is 11.6 Å². The van der Waals surface area contributed by atoms with Crippen molar-refractivity contribution >= 4 is 23.2 Å². The third kappa shape index (κ3) is 6.35. The van der Waals surface area contributed by atoms with E-state index in [-0.39, 0.29) is 11.3 Å². The maximum absolute atomic E-state index is 12.3. The second-order valence-corrected chi connectivity index (χ2v) is 7.58. The summed E-state index contributed by atoms with van der Waals surface area (Å²) in [6, 6.07) is 5.93. The van der Waals surface area contributed by atoms with Gasteiger partial charge in [-0.05, 0) is 50.3 Å². The van der Waals surface area contributed by atoms with E-state index < -0.39 is 0 Å². The molecule has 1 N–H and O–H groups in total. The van der Waals surface area contributed by atoms with Crippen LogP contribution in [-0.2, 0) is 11.2 Å². The Morgan fingerprint density at radius 1 is 1.33 bits per heavy atom. The van der Waals surface area contributed by atoms with E-state index in [1.54, 1.807) is 0 Å². The van der Waals surface area contributed by atoms with Gasteiger partial charge in [0.2, 0.25) is 5.91 Å². The molecule has 0 spiro atoms. The number of hydrogen-bond donors (Lipinski definition) is 1. The van der Waals surface area contributed by atoms with Crippen molar-refractivity contribution in [1.29, 1.82) is 0 Å². The summed E-state index contributed by atoms with van der Waals surface area (Å²) in [6.45, 7) is 4.50. The van der Waals surface area contributed by atoms with Crippen LogP contribution in [0.3, 0.4) is 0 Å².